The van der Waals surface area contributed by atoms with Crippen molar-refractivity contribution in [2.24, 2.45) is 5.92 Å². The van der Waals surface area contributed by atoms with Gasteiger partial charge in [0.2, 0.25) is 12.2 Å². The van der Waals surface area contributed by atoms with Gasteiger partial charge in [0, 0.05) is 51.1 Å². The molecule has 0 radical (unpaired) electrons. The molecule has 0 spiro atoms. The second-order valence-corrected chi connectivity index (χ2v) is 10.3. The number of carbonyl (C=O) groups is 2. The predicted octanol–water partition coefficient (Wildman–Crippen LogP) is 4.14. The lowest BCUT2D eigenvalue weighted by Crippen LogP contribution is -2.39. The Morgan fingerprint density at radius 1 is 1.16 bits per heavy atom. The summed E-state index contributed by atoms with van der Waals surface area (Å²) in [5.74, 6) is 0.0978. The van der Waals surface area contributed by atoms with Gasteiger partial charge in [-0.25, -0.2) is 0 Å². The fourth-order valence-corrected chi connectivity index (χ4v) is 6.12. The van der Waals surface area contributed by atoms with Crippen molar-refractivity contribution in [2.75, 3.05) is 32.8 Å². The first-order valence-corrected chi connectivity index (χ1v) is 14.0. The lowest BCUT2D eigenvalue weighted by Gasteiger charge is -2.37. The maximum Gasteiger partial charge on any atom is 0.286 e. The molecule has 2 aromatic carbocycles. The molecule has 3 unspecified atom stereocenters. The normalized spacial score (nSPS) is 22.1. The van der Waals surface area contributed by atoms with Crippen LogP contribution in [0, 0.1) is 5.92 Å². The summed E-state index contributed by atoms with van der Waals surface area (Å²) < 4.78 is 12.2. The number of nitrogens with one attached hydrogen (secondary N) is 1. The highest BCUT2D eigenvalue weighted by Crippen LogP contribution is 2.45. The number of rotatable bonds is 11. The number of fused-ring (bicyclic) bond motifs is 3. The van der Waals surface area contributed by atoms with Gasteiger partial charge in [0.05, 0.1) is 0 Å². The van der Waals surface area contributed by atoms with Gasteiger partial charge in [-0.3, -0.25) is 9.59 Å². The molecule has 0 saturated carbocycles. The highest BCUT2D eigenvalue weighted by atomic mass is 16.7. The van der Waals surface area contributed by atoms with E-state index in [0.717, 1.165) is 25.8 Å². The van der Waals surface area contributed by atoms with Gasteiger partial charge in [0.25, 0.3) is 5.91 Å². The fourth-order valence-electron chi connectivity index (χ4n) is 6.12. The third-order valence-electron chi connectivity index (χ3n) is 7.94. The number of ether oxygens (including phenoxy) is 2. The van der Waals surface area contributed by atoms with Crippen molar-refractivity contribution in [3.05, 3.63) is 71.0 Å². The summed E-state index contributed by atoms with van der Waals surface area (Å²) in [4.78, 5) is 27.0. The largest absolute Gasteiger partial charge is 0.459 e. The molecule has 7 heteroatoms. The van der Waals surface area contributed by atoms with Gasteiger partial charge in [-0.1, -0.05) is 42.5 Å². The van der Waals surface area contributed by atoms with E-state index in [0.29, 0.717) is 39.0 Å². The quantitative estimate of drug-likeness (QED) is 0.373. The molecule has 3 aliphatic rings. The highest BCUT2D eigenvalue weighted by Gasteiger charge is 2.39. The molecule has 2 amide bonds. The summed E-state index contributed by atoms with van der Waals surface area (Å²) in [6.45, 7) is 4.41. The molecule has 5 rings (SSSR count). The van der Waals surface area contributed by atoms with Crippen molar-refractivity contribution in [1.29, 1.82) is 0 Å². The first kappa shape index (κ1) is 26.4. The van der Waals surface area contributed by atoms with Gasteiger partial charge >= 0.3 is 0 Å². The zero-order chi connectivity index (χ0) is 26.5. The van der Waals surface area contributed by atoms with Crippen molar-refractivity contribution < 1.29 is 24.2 Å². The molecule has 1 fully saturated rings. The van der Waals surface area contributed by atoms with Crippen molar-refractivity contribution in [3.8, 4) is 11.1 Å². The Kier molecular flexibility index (Phi) is 8.45. The van der Waals surface area contributed by atoms with E-state index in [4.69, 9.17) is 9.47 Å². The molecule has 1 aliphatic carbocycles. The highest BCUT2D eigenvalue weighted by molar-refractivity contribution is 5.91. The van der Waals surface area contributed by atoms with Crippen LogP contribution in [-0.2, 0) is 25.5 Å². The average Bonchev–Trinajstić information content (AvgIpc) is 3.52. The first-order valence-electron chi connectivity index (χ1n) is 14.0. The molecule has 3 atom stereocenters. The molecule has 38 heavy (non-hydrogen) atoms. The van der Waals surface area contributed by atoms with Gasteiger partial charge in [0.15, 0.2) is 5.76 Å². The minimum absolute atomic E-state index is 0.0324. The zero-order valence-electron chi connectivity index (χ0n) is 22.2. The lowest BCUT2D eigenvalue weighted by molar-refractivity contribution is -0.166. The van der Waals surface area contributed by atoms with Gasteiger partial charge in [-0.2, -0.15) is 0 Å². The molecular formula is C31H38N2O5. The summed E-state index contributed by atoms with van der Waals surface area (Å²) in [7, 11) is 0. The van der Waals surface area contributed by atoms with Crippen molar-refractivity contribution in [1.82, 2.24) is 10.2 Å². The molecule has 2 aliphatic heterocycles. The summed E-state index contributed by atoms with van der Waals surface area (Å²) in [6, 6.07) is 14.9. The van der Waals surface area contributed by atoms with E-state index in [1.807, 2.05) is 17.9 Å². The van der Waals surface area contributed by atoms with Crippen molar-refractivity contribution >= 4 is 11.8 Å². The Morgan fingerprint density at radius 2 is 2.00 bits per heavy atom. The topological polar surface area (TPSA) is 88.1 Å². The summed E-state index contributed by atoms with van der Waals surface area (Å²) >= 11 is 0. The summed E-state index contributed by atoms with van der Waals surface area (Å²) in [5, 5.41) is 12.6. The van der Waals surface area contributed by atoms with E-state index in [-0.39, 0.29) is 36.0 Å². The molecule has 2 heterocycles. The van der Waals surface area contributed by atoms with Crippen LogP contribution < -0.4 is 5.32 Å². The Balaban J connectivity index is 1.39. The van der Waals surface area contributed by atoms with E-state index in [1.165, 1.54) is 27.8 Å². The molecule has 2 N–H and O–H groups in total. The zero-order valence-corrected chi connectivity index (χ0v) is 22.2. The third kappa shape index (κ3) is 5.49. The summed E-state index contributed by atoms with van der Waals surface area (Å²) in [5.41, 5.74) is 6.30. The molecule has 0 bridgehead atoms. The molecule has 0 aromatic heterocycles. The smallest absolute Gasteiger partial charge is 0.286 e. The fraction of sp³-hybridized carbons (Fsp3) is 0.484. The van der Waals surface area contributed by atoms with Gasteiger partial charge < -0.3 is 24.8 Å². The number of carbonyl (C=O) groups excluding carboxylic acids is 2. The van der Waals surface area contributed by atoms with Crippen LogP contribution in [0.15, 0.2) is 54.3 Å². The third-order valence-corrected chi connectivity index (χ3v) is 7.94. The number of aliphatic hydroxyl groups excluding tert-OH is 1. The number of hydrogen-bond acceptors (Lipinski definition) is 5. The predicted molar refractivity (Wildman–Crippen MR) is 145 cm³/mol. The maximum absolute atomic E-state index is 13.2. The van der Waals surface area contributed by atoms with Crippen LogP contribution in [0.25, 0.3) is 11.1 Å². The second-order valence-electron chi connectivity index (χ2n) is 10.3. The number of amides is 2. The maximum atomic E-state index is 13.2. The molecule has 2 aromatic rings. The minimum atomic E-state index is -0.579. The minimum Gasteiger partial charge on any atom is -0.459 e. The van der Waals surface area contributed by atoms with Crippen LogP contribution in [0.2, 0.25) is 0 Å². The van der Waals surface area contributed by atoms with Crippen molar-refractivity contribution in [3.63, 3.8) is 0 Å². The molecule has 202 valence electrons. The number of allylic oxidation sites excluding steroid dienone is 1. The Morgan fingerprint density at radius 3 is 2.79 bits per heavy atom. The molecular weight excluding hydrogens is 480 g/mol. The van der Waals surface area contributed by atoms with E-state index in [2.05, 4.69) is 47.8 Å². The van der Waals surface area contributed by atoms with Gasteiger partial charge in [-0.15, -0.1) is 0 Å². The number of likely N-dealkylation sites (tertiary alicyclic amines) is 1. The monoisotopic (exact) mass is 518 g/mol. The van der Waals surface area contributed by atoms with E-state index < -0.39 is 6.29 Å². The molecule has 7 nitrogen and oxygen atoms in total. The Labute approximate surface area is 224 Å². The average molecular weight is 519 g/mol. The van der Waals surface area contributed by atoms with Crippen LogP contribution >= 0.6 is 0 Å². The van der Waals surface area contributed by atoms with Crippen molar-refractivity contribution in [2.45, 2.75) is 57.7 Å². The van der Waals surface area contributed by atoms with Crippen LogP contribution in [0.4, 0.5) is 0 Å². The van der Waals surface area contributed by atoms with E-state index in [1.54, 1.807) is 0 Å². The van der Waals surface area contributed by atoms with Crippen LogP contribution in [0.1, 0.15) is 61.6 Å². The Bertz CT molecular complexity index is 1190. The first-order chi connectivity index (χ1) is 18.6. The van der Waals surface area contributed by atoms with Crippen LogP contribution in [0.3, 0.4) is 0 Å². The SMILES string of the molecule is CCOC1OC(C(=O)NCCCN2CCCC2=O)=CC(c2cccc3c2Cc2ccccc2-3)C1CCCO. The summed E-state index contributed by atoms with van der Waals surface area (Å²) in [6.07, 6.45) is 5.82. The van der Waals surface area contributed by atoms with Gasteiger partial charge in [0.1, 0.15) is 0 Å². The number of benzene rings is 2. The number of aliphatic hydroxyl groups is 1. The number of hydrogen-bond donors (Lipinski definition) is 2. The van der Waals surface area contributed by atoms with E-state index >= 15 is 0 Å². The van der Waals surface area contributed by atoms with E-state index in [9.17, 15) is 14.7 Å². The van der Waals surface area contributed by atoms with Crippen LogP contribution in [0.5, 0.6) is 0 Å². The van der Waals surface area contributed by atoms with Crippen LogP contribution in [-0.4, -0.2) is 61.0 Å². The standard InChI is InChI=1S/C31H38N2O5/c1-2-37-31-25(13-7-18-34)27(24-12-5-11-23-22-10-4-3-9-21(22)19-26(23)24)20-28(38-31)30(36)32-15-8-17-33-16-6-14-29(33)35/h3-5,9-12,20,25,27,31,34H,2,6-8,13-19H2,1H3,(H,32,36). The Hall–Kier alpha value is -3.16. The lowest BCUT2D eigenvalue weighted by atomic mass is 9.78. The second kappa shape index (κ2) is 12.1. The number of nitrogens with zero attached hydrogens (tertiary/aromatic N) is 1. The molecule has 1 saturated heterocycles. The van der Waals surface area contributed by atoms with Gasteiger partial charge in [-0.05, 0) is 72.9 Å².